The number of hydrazine groups is 2. The summed E-state index contributed by atoms with van der Waals surface area (Å²) in [6, 6.07) is 12.1. The highest BCUT2D eigenvalue weighted by Gasteiger charge is 2.32. The Hall–Kier alpha value is -1.83. The van der Waals surface area contributed by atoms with Crippen LogP contribution in [0.5, 0.6) is 0 Å². The minimum absolute atomic E-state index is 0.195. The zero-order valence-electron chi connectivity index (χ0n) is 12.9. The number of carbonyl (C=O) groups excluding carboxylic acids is 1. The van der Waals surface area contributed by atoms with Crippen molar-refractivity contribution >= 4 is 40.5 Å². The van der Waals surface area contributed by atoms with Crippen molar-refractivity contribution < 1.29 is 4.79 Å². The molecule has 2 atom stereocenters. The van der Waals surface area contributed by atoms with Gasteiger partial charge in [-0.15, -0.1) is 0 Å². The van der Waals surface area contributed by atoms with Crippen molar-refractivity contribution in [2.24, 2.45) is 0 Å². The molecule has 1 aliphatic heterocycles. The Morgan fingerprint density at radius 1 is 1.04 bits per heavy atom. The van der Waals surface area contributed by atoms with Gasteiger partial charge < -0.3 is 10.6 Å². The van der Waals surface area contributed by atoms with E-state index in [1.807, 2.05) is 31.2 Å². The lowest BCUT2D eigenvalue weighted by molar-refractivity contribution is -0.118. The van der Waals surface area contributed by atoms with E-state index in [1.165, 1.54) is 0 Å². The Kier molecular flexibility index (Phi) is 5.23. The minimum Gasteiger partial charge on any atom is -0.367 e. The van der Waals surface area contributed by atoms with Gasteiger partial charge in [0.25, 0.3) is 0 Å². The van der Waals surface area contributed by atoms with Crippen molar-refractivity contribution in [2.45, 2.75) is 19.1 Å². The molecule has 2 unspecified atom stereocenters. The number of nitrogens with one attached hydrogen (secondary N) is 5. The minimum atomic E-state index is -0.527. The van der Waals surface area contributed by atoms with Gasteiger partial charge in [0, 0.05) is 21.4 Å². The number of anilines is 2. The lowest BCUT2D eigenvalue weighted by atomic mass is 10.2. The summed E-state index contributed by atoms with van der Waals surface area (Å²) >= 11 is 12.0. The highest BCUT2D eigenvalue weighted by Crippen LogP contribution is 2.20. The van der Waals surface area contributed by atoms with Crippen LogP contribution in [0.3, 0.4) is 0 Å². The summed E-state index contributed by atoms with van der Waals surface area (Å²) in [6.45, 7) is 1.91. The second kappa shape index (κ2) is 7.38. The maximum absolute atomic E-state index is 12.5. The van der Waals surface area contributed by atoms with E-state index in [9.17, 15) is 4.79 Å². The van der Waals surface area contributed by atoms with Gasteiger partial charge in [-0.3, -0.25) is 4.79 Å². The zero-order chi connectivity index (χ0) is 17.1. The van der Waals surface area contributed by atoms with E-state index in [0.717, 1.165) is 11.3 Å². The molecule has 0 aliphatic carbocycles. The molecule has 6 nitrogen and oxygen atoms in total. The highest BCUT2D eigenvalue weighted by atomic mass is 35.5. The van der Waals surface area contributed by atoms with Crippen molar-refractivity contribution in [3.8, 4) is 0 Å². The molecule has 1 saturated heterocycles. The van der Waals surface area contributed by atoms with Crippen molar-refractivity contribution in [3.63, 3.8) is 0 Å². The molecule has 2 aromatic rings. The quantitative estimate of drug-likeness (QED) is 0.575. The number of benzene rings is 2. The fourth-order valence-corrected chi connectivity index (χ4v) is 2.62. The third kappa shape index (κ3) is 3.98. The van der Waals surface area contributed by atoms with Gasteiger partial charge in [-0.25, -0.2) is 10.9 Å². The average Bonchev–Trinajstić information content (AvgIpc) is 3.01. The molecule has 1 aliphatic rings. The molecule has 5 N–H and O–H groups in total. The van der Waals surface area contributed by atoms with Crippen molar-refractivity contribution in [3.05, 3.63) is 58.1 Å². The number of amides is 1. The van der Waals surface area contributed by atoms with Crippen LogP contribution < -0.4 is 27.0 Å². The first-order valence-corrected chi connectivity index (χ1v) is 8.14. The number of carbonyl (C=O) groups is 1. The molecule has 3 rings (SSSR count). The summed E-state index contributed by atoms with van der Waals surface area (Å²) < 4.78 is 0. The van der Waals surface area contributed by atoms with Crippen LogP contribution in [-0.2, 0) is 4.79 Å². The van der Waals surface area contributed by atoms with Crippen LogP contribution in [0.4, 0.5) is 11.4 Å². The maximum atomic E-state index is 12.5. The van der Waals surface area contributed by atoms with E-state index in [1.54, 1.807) is 18.2 Å². The van der Waals surface area contributed by atoms with Gasteiger partial charge in [-0.05, 0) is 48.9 Å². The first-order chi connectivity index (χ1) is 11.5. The van der Waals surface area contributed by atoms with Crippen molar-refractivity contribution in [1.82, 2.24) is 16.4 Å². The summed E-state index contributed by atoms with van der Waals surface area (Å²) in [7, 11) is 0. The first-order valence-electron chi connectivity index (χ1n) is 7.38. The highest BCUT2D eigenvalue weighted by molar-refractivity contribution is 6.31. The summed E-state index contributed by atoms with van der Waals surface area (Å²) in [6.07, 6.45) is -0.341. The van der Waals surface area contributed by atoms with E-state index < -0.39 is 6.04 Å². The van der Waals surface area contributed by atoms with Crippen LogP contribution in [-0.4, -0.2) is 18.1 Å². The van der Waals surface area contributed by atoms with Gasteiger partial charge in [0.05, 0.1) is 0 Å². The van der Waals surface area contributed by atoms with Crippen LogP contribution in [0.25, 0.3) is 0 Å². The van der Waals surface area contributed by atoms with Gasteiger partial charge in [0.1, 0.15) is 12.2 Å². The topological polar surface area (TPSA) is 77.2 Å². The van der Waals surface area contributed by atoms with Gasteiger partial charge >= 0.3 is 0 Å². The summed E-state index contributed by atoms with van der Waals surface area (Å²) in [5.74, 6) is -0.195. The molecule has 8 heteroatoms. The van der Waals surface area contributed by atoms with E-state index in [2.05, 4.69) is 27.0 Å². The molecule has 2 aromatic carbocycles. The maximum Gasteiger partial charge on any atom is 0.246 e. The third-order valence-electron chi connectivity index (χ3n) is 3.68. The Labute approximate surface area is 149 Å². The molecule has 0 spiro atoms. The Balaban J connectivity index is 1.66. The smallest absolute Gasteiger partial charge is 0.246 e. The van der Waals surface area contributed by atoms with E-state index in [-0.39, 0.29) is 12.1 Å². The number of rotatable bonds is 4. The molecule has 0 aromatic heterocycles. The van der Waals surface area contributed by atoms with Gasteiger partial charge in [0.15, 0.2) is 0 Å². The number of hydrogen-bond donors (Lipinski definition) is 5. The second-order valence-electron chi connectivity index (χ2n) is 5.47. The van der Waals surface area contributed by atoms with Crippen LogP contribution in [0.1, 0.15) is 5.56 Å². The van der Waals surface area contributed by atoms with Gasteiger partial charge in [0.2, 0.25) is 5.91 Å². The SMILES string of the molecule is Cc1ccc(NC(=O)C2NNNC2Nc2ccc(Cl)cc2)cc1Cl. The zero-order valence-corrected chi connectivity index (χ0v) is 14.4. The van der Waals surface area contributed by atoms with Crippen LogP contribution in [0.15, 0.2) is 42.5 Å². The van der Waals surface area contributed by atoms with Crippen LogP contribution in [0, 0.1) is 6.92 Å². The van der Waals surface area contributed by atoms with Gasteiger partial charge in [-0.2, -0.15) is 5.53 Å². The van der Waals surface area contributed by atoms with Gasteiger partial charge in [-0.1, -0.05) is 29.3 Å². The van der Waals surface area contributed by atoms with E-state index in [0.29, 0.717) is 15.7 Å². The molecule has 0 bridgehead atoms. The van der Waals surface area contributed by atoms with Crippen molar-refractivity contribution in [1.29, 1.82) is 0 Å². The standard InChI is InChI=1S/C16H17Cl2N5O/c1-9-2-5-12(8-13(9)18)20-16(24)14-15(22-23-21-14)19-11-6-3-10(17)4-7-11/h2-8,14-15,19,21-23H,1H3,(H,20,24). The summed E-state index contributed by atoms with van der Waals surface area (Å²) in [5.41, 5.74) is 11.1. The lowest BCUT2D eigenvalue weighted by Gasteiger charge is -2.20. The van der Waals surface area contributed by atoms with Crippen LogP contribution in [0.2, 0.25) is 10.0 Å². The number of aryl methyl sites for hydroxylation is 1. The molecule has 1 fully saturated rings. The molecule has 0 radical (unpaired) electrons. The summed E-state index contributed by atoms with van der Waals surface area (Å²) in [4.78, 5) is 12.5. The normalized spacial score (nSPS) is 20.0. The lowest BCUT2D eigenvalue weighted by Crippen LogP contribution is -2.47. The first kappa shape index (κ1) is 17.0. The molecular formula is C16H17Cl2N5O. The fraction of sp³-hybridized carbons (Fsp3) is 0.188. The Morgan fingerprint density at radius 3 is 2.46 bits per heavy atom. The fourth-order valence-electron chi connectivity index (χ4n) is 2.32. The van der Waals surface area contributed by atoms with Crippen molar-refractivity contribution in [2.75, 3.05) is 10.6 Å². The molecule has 1 amide bonds. The monoisotopic (exact) mass is 365 g/mol. The predicted octanol–water partition coefficient (Wildman–Crippen LogP) is 2.66. The average molecular weight is 366 g/mol. The van der Waals surface area contributed by atoms with Crippen LogP contribution >= 0.6 is 23.2 Å². The molecule has 0 saturated carbocycles. The largest absolute Gasteiger partial charge is 0.367 e. The Morgan fingerprint density at radius 2 is 1.75 bits per heavy atom. The van der Waals surface area contributed by atoms with E-state index in [4.69, 9.17) is 23.2 Å². The Bertz CT molecular complexity index is 738. The predicted molar refractivity (Wildman–Crippen MR) is 96.9 cm³/mol. The molecule has 126 valence electrons. The van der Waals surface area contributed by atoms with E-state index >= 15 is 0 Å². The second-order valence-corrected chi connectivity index (χ2v) is 6.32. The third-order valence-corrected chi connectivity index (χ3v) is 4.34. The number of halogens is 2. The molecule has 1 heterocycles. The number of hydrogen-bond acceptors (Lipinski definition) is 5. The summed E-state index contributed by atoms with van der Waals surface area (Å²) in [5, 5.41) is 7.34. The molecule has 24 heavy (non-hydrogen) atoms. The molecular weight excluding hydrogens is 349 g/mol.